The van der Waals surface area contributed by atoms with Crippen molar-refractivity contribution in [3.05, 3.63) is 33.8 Å². The van der Waals surface area contributed by atoms with Gasteiger partial charge >= 0.3 is 0 Å². The van der Waals surface area contributed by atoms with Gasteiger partial charge in [0.2, 0.25) is 0 Å². The van der Waals surface area contributed by atoms with Crippen molar-refractivity contribution in [2.45, 2.75) is 45.1 Å². The monoisotopic (exact) mass is 314 g/mol. The van der Waals surface area contributed by atoms with Crippen LogP contribution >= 0.6 is 23.2 Å². The smallest absolute Gasteiger partial charge is 0.194 e. The fourth-order valence-electron chi connectivity index (χ4n) is 2.75. The lowest BCUT2D eigenvalue weighted by atomic mass is 9.68. The standard InChI is InChI=1S/C16H20Cl2O2/c1-15(2)6-8-16(20-3,9-7-15)14(19)11-4-5-12(17)13(18)10-11/h4-5,10H,6-9H2,1-3H3. The molecule has 0 aliphatic heterocycles. The van der Waals surface area contributed by atoms with Crippen molar-refractivity contribution in [1.29, 1.82) is 0 Å². The predicted molar refractivity (Wildman–Crippen MR) is 82.8 cm³/mol. The Balaban J connectivity index is 2.27. The second kappa shape index (κ2) is 5.67. The van der Waals surface area contributed by atoms with Crippen molar-refractivity contribution in [3.8, 4) is 0 Å². The first kappa shape index (κ1) is 15.8. The second-order valence-corrected chi connectivity index (χ2v) is 7.14. The van der Waals surface area contributed by atoms with Crippen molar-refractivity contribution in [1.82, 2.24) is 0 Å². The third kappa shape index (κ3) is 3.03. The lowest BCUT2D eigenvalue weighted by Gasteiger charge is -2.41. The molecule has 1 aliphatic carbocycles. The predicted octanol–water partition coefficient (Wildman–Crippen LogP) is 5.16. The molecular weight excluding hydrogens is 295 g/mol. The summed E-state index contributed by atoms with van der Waals surface area (Å²) in [7, 11) is 1.62. The number of Topliss-reactive ketones (excluding diaryl/α,β-unsaturated/α-hetero) is 1. The summed E-state index contributed by atoms with van der Waals surface area (Å²) >= 11 is 11.9. The summed E-state index contributed by atoms with van der Waals surface area (Å²) in [5, 5.41) is 0.861. The lowest BCUT2D eigenvalue weighted by Crippen LogP contribution is -2.45. The fourth-order valence-corrected chi connectivity index (χ4v) is 3.05. The number of ether oxygens (including phenoxy) is 1. The number of halogens is 2. The molecule has 0 spiro atoms. The molecule has 2 rings (SSSR count). The van der Waals surface area contributed by atoms with E-state index in [1.54, 1.807) is 25.3 Å². The second-order valence-electron chi connectivity index (χ2n) is 6.32. The maximum absolute atomic E-state index is 12.8. The van der Waals surface area contributed by atoms with E-state index in [-0.39, 0.29) is 11.2 Å². The van der Waals surface area contributed by atoms with Crippen LogP contribution in [0.5, 0.6) is 0 Å². The number of methoxy groups -OCH3 is 1. The van der Waals surface area contributed by atoms with Crippen LogP contribution < -0.4 is 0 Å². The summed E-state index contributed by atoms with van der Waals surface area (Å²) in [6, 6.07) is 5.01. The number of rotatable bonds is 3. The van der Waals surface area contributed by atoms with Crippen molar-refractivity contribution in [2.24, 2.45) is 5.41 Å². The van der Waals surface area contributed by atoms with E-state index in [1.807, 2.05) is 0 Å². The molecule has 1 fully saturated rings. The molecule has 0 N–H and O–H groups in total. The summed E-state index contributed by atoms with van der Waals surface area (Å²) in [5.74, 6) is 0.00840. The summed E-state index contributed by atoms with van der Waals surface area (Å²) in [5.41, 5.74) is 0.132. The van der Waals surface area contributed by atoms with Crippen LogP contribution in [-0.4, -0.2) is 18.5 Å². The van der Waals surface area contributed by atoms with Crippen molar-refractivity contribution >= 4 is 29.0 Å². The van der Waals surface area contributed by atoms with Gasteiger partial charge in [-0.25, -0.2) is 0 Å². The van der Waals surface area contributed by atoms with Crippen LogP contribution in [0.1, 0.15) is 49.9 Å². The number of hydrogen-bond donors (Lipinski definition) is 0. The largest absolute Gasteiger partial charge is 0.370 e. The Kier molecular flexibility index (Phi) is 4.48. The molecule has 1 saturated carbocycles. The minimum Gasteiger partial charge on any atom is -0.370 e. The van der Waals surface area contributed by atoms with Gasteiger partial charge in [0.25, 0.3) is 0 Å². The molecule has 0 saturated heterocycles. The SMILES string of the molecule is COC1(C(=O)c2ccc(Cl)c(Cl)c2)CCC(C)(C)CC1. The van der Waals surface area contributed by atoms with Crippen LogP contribution in [0.3, 0.4) is 0 Å². The normalized spacial score (nSPS) is 20.6. The van der Waals surface area contributed by atoms with E-state index >= 15 is 0 Å². The summed E-state index contributed by atoms with van der Waals surface area (Å²) in [6.45, 7) is 4.46. The van der Waals surface area contributed by atoms with E-state index in [4.69, 9.17) is 27.9 Å². The Hall–Kier alpha value is -0.570. The molecule has 0 amide bonds. The molecule has 0 unspecified atom stereocenters. The van der Waals surface area contributed by atoms with Gasteiger partial charge in [0.1, 0.15) is 5.60 Å². The fraction of sp³-hybridized carbons (Fsp3) is 0.562. The van der Waals surface area contributed by atoms with Gasteiger partial charge in [0, 0.05) is 12.7 Å². The molecule has 1 aliphatic rings. The van der Waals surface area contributed by atoms with Crippen LogP contribution in [0.4, 0.5) is 0 Å². The summed E-state index contributed by atoms with van der Waals surface area (Å²) < 4.78 is 5.63. The molecule has 0 atom stereocenters. The number of benzene rings is 1. The van der Waals surface area contributed by atoms with Crippen molar-refractivity contribution < 1.29 is 9.53 Å². The molecular formula is C16H20Cl2O2. The Morgan fingerprint density at radius 3 is 2.20 bits per heavy atom. The Morgan fingerprint density at radius 1 is 1.10 bits per heavy atom. The van der Waals surface area contributed by atoms with Gasteiger partial charge in [0.15, 0.2) is 5.78 Å². The van der Waals surface area contributed by atoms with Crippen LogP contribution in [0.15, 0.2) is 18.2 Å². The molecule has 0 bridgehead atoms. The Morgan fingerprint density at radius 2 is 1.70 bits per heavy atom. The highest BCUT2D eigenvalue weighted by atomic mass is 35.5. The molecule has 1 aromatic carbocycles. The highest BCUT2D eigenvalue weighted by molar-refractivity contribution is 6.42. The van der Waals surface area contributed by atoms with E-state index in [2.05, 4.69) is 13.8 Å². The van der Waals surface area contributed by atoms with E-state index in [1.165, 1.54) is 0 Å². The van der Waals surface area contributed by atoms with Gasteiger partial charge in [-0.2, -0.15) is 0 Å². The maximum Gasteiger partial charge on any atom is 0.194 e. The van der Waals surface area contributed by atoms with Crippen LogP contribution in [-0.2, 0) is 4.74 Å². The van der Waals surface area contributed by atoms with Crippen LogP contribution in [0, 0.1) is 5.41 Å². The van der Waals surface area contributed by atoms with Crippen molar-refractivity contribution in [2.75, 3.05) is 7.11 Å². The van der Waals surface area contributed by atoms with Gasteiger partial charge in [-0.05, 0) is 49.3 Å². The molecule has 20 heavy (non-hydrogen) atoms. The zero-order valence-electron chi connectivity index (χ0n) is 12.1. The molecule has 1 aromatic rings. The molecule has 0 aromatic heterocycles. The van der Waals surface area contributed by atoms with Crippen LogP contribution in [0.2, 0.25) is 10.0 Å². The van der Waals surface area contributed by atoms with Gasteiger partial charge in [-0.1, -0.05) is 37.0 Å². The Labute approximate surface area is 130 Å². The molecule has 4 heteroatoms. The maximum atomic E-state index is 12.8. The quantitative estimate of drug-likeness (QED) is 0.720. The van der Waals surface area contributed by atoms with Crippen molar-refractivity contribution in [3.63, 3.8) is 0 Å². The van der Waals surface area contributed by atoms with E-state index in [0.29, 0.717) is 15.6 Å². The molecule has 0 heterocycles. The molecule has 0 radical (unpaired) electrons. The average Bonchev–Trinajstić information content (AvgIpc) is 2.42. The van der Waals surface area contributed by atoms with Gasteiger partial charge in [-0.3, -0.25) is 4.79 Å². The van der Waals surface area contributed by atoms with Gasteiger partial charge in [0.05, 0.1) is 10.0 Å². The average molecular weight is 315 g/mol. The number of hydrogen-bond acceptors (Lipinski definition) is 2. The van der Waals surface area contributed by atoms with E-state index < -0.39 is 5.60 Å². The Bertz CT molecular complexity index is 513. The number of carbonyl (C=O) groups is 1. The van der Waals surface area contributed by atoms with E-state index in [9.17, 15) is 4.79 Å². The zero-order chi connectivity index (χ0) is 15.0. The highest BCUT2D eigenvalue weighted by Gasteiger charge is 2.44. The number of carbonyl (C=O) groups excluding carboxylic acids is 1. The van der Waals surface area contributed by atoms with Gasteiger partial charge in [-0.15, -0.1) is 0 Å². The highest BCUT2D eigenvalue weighted by Crippen LogP contribution is 2.43. The summed E-state index contributed by atoms with van der Waals surface area (Å²) in [6.07, 6.45) is 3.45. The zero-order valence-corrected chi connectivity index (χ0v) is 13.6. The molecule has 2 nitrogen and oxygen atoms in total. The minimum absolute atomic E-state index is 0.00840. The number of ketones is 1. The first-order valence-electron chi connectivity index (χ1n) is 6.85. The van der Waals surface area contributed by atoms with Gasteiger partial charge < -0.3 is 4.74 Å². The third-order valence-corrected chi connectivity index (χ3v) is 5.14. The van der Waals surface area contributed by atoms with Crippen LogP contribution in [0.25, 0.3) is 0 Å². The third-order valence-electron chi connectivity index (χ3n) is 4.40. The minimum atomic E-state index is -0.716. The topological polar surface area (TPSA) is 26.3 Å². The first-order valence-corrected chi connectivity index (χ1v) is 7.60. The first-order chi connectivity index (χ1) is 9.30. The van der Waals surface area contributed by atoms with E-state index in [0.717, 1.165) is 25.7 Å². The summed E-state index contributed by atoms with van der Waals surface area (Å²) in [4.78, 5) is 12.8. The molecule has 110 valence electrons. The lowest BCUT2D eigenvalue weighted by molar-refractivity contribution is -0.0383.